The molecule has 2 amide bonds. The SMILES string of the molecule is CCCCCC(=O)N(CC(=O)N(Cc1ccco1)C[C@@H]1CCCO1)C(C)C. The molecule has 1 atom stereocenters. The maximum atomic E-state index is 13.0. The number of nitrogens with zero attached hydrogens (tertiary/aromatic N) is 2. The van der Waals surface area contributed by atoms with Crippen molar-refractivity contribution < 1.29 is 18.7 Å². The second-order valence-corrected chi connectivity index (χ2v) is 7.56. The lowest BCUT2D eigenvalue weighted by Gasteiger charge is -2.31. The summed E-state index contributed by atoms with van der Waals surface area (Å²) in [5, 5.41) is 0. The third-order valence-corrected chi connectivity index (χ3v) is 4.97. The second kappa shape index (κ2) is 11.1. The van der Waals surface area contributed by atoms with Crippen LogP contribution in [0.15, 0.2) is 22.8 Å². The standard InChI is InChI=1S/C21H34N2O4/c1-4-5-6-11-20(24)23(17(2)3)16-21(25)22(14-18-9-7-12-26-18)15-19-10-8-13-27-19/h7,9,12,17,19H,4-6,8,10-11,13-16H2,1-3H3/t19-/m0/s1. The normalized spacial score (nSPS) is 16.7. The Bertz CT molecular complexity index is 565. The lowest BCUT2D eigenvalue weighted by atomic mass is 10.1. The fraction of sp³-hybridized carbons (Fsp3) is 0.714. The monoisotopic (exact) mass is 378 g/mol. The molecule has 2 heterocycles. The molecule has 0 radical (unpaired) electrons. The van der Waals surface area contributed by atoms with E-state index >= 15 is 0 Å². The van der Waals surface area contributed by atoms with Crippen molar-refractivity contribution in [3.8, 4) is 0 Å². The van der Waals surface area contributed by atoms with Gasteiger partial charge in [0.05, 0.1) is 25.5 Å². The zero-order valence-corrected chi connectivity index (χ0v) is 17.0. The van der Waals surface area contributed by atoms with Gasteiger partial charge in [-0.25, -0.2) is 0 Å². The zero-order valence-electron chi connectivity index (χ0n) is 17.0. The Balaban J connectivity index is 2.00. The molecule has 1 aromatic rings. The van der Waals surface area contributed by atoms with Crippen molar-refractivity contribution in [1.82, 2.24) is 9.80 Å². The number of carbonyl (C=O) groups excluding carboxylic acids is 2. The third-order valence-electron chi connectivity index (χ3n) is 4.97. The van der Waals surface area contributed by atoms with Crippen LogP contribution in [-0.4, -0.2) is 53.5 Å². The molecule has 0 N–H and O–H groups in total. The van der Waals surface area contributed by atoms with Gasteiger partial charge in [0.1, 0.15) is 5.76 Å². The van der Waals surface area contributed by atoms with Gasteiger partial charge in [0.25, 0.3) is 0 Å². The van der Waals surface area contributed by atoms with Crippen LogP contribution in [0.25, 0.3) is 0 Å². The maximum Gasteiger partial charge on any atom is 0.242 e. The lowest BCUT2D eigenvalue weighted by Crippen LogP contribution is -2.47. The molecule has 1 aliphatic rings. The van der Waals surface area contributed by atoms with Gasteiger partial charge in [-0.3, -0.25) is 9.59 Å². The Hall–Kier alpha value is -1.82. The van der Waals surface area contributed by atoms with Crippen molar-refractivity contribution in [2.75, 3.05) is 19.7 Å². The average Bonchev–Trinajstić information content (AvgIpc) is 3.32. The van der Waals surface area contributed by atoms with Crippen LogP contribution in [0, 0.1) is 0 Å². The van der Waals surface area contributed by atoms with Crippen LogP contribution in [0.3, 0.4) is 0 Å². The topological polar surface area (TPSA) is 63.0 Å². The number of carbonyl (C=O) groups is 2. The first kappa shape index (κ1) is 21.5. The molecule has 152 valence electrons. The summed E-state index contributed by atoms with van der Waals surface area (Å²) in [6.07, 6.45) is 7.16. The summed E-state index contributed by atoms with van der Waals surface area (Å²) in [6.45, 7) is 7.84. The van der Waals surface area contributed by atoms with Gasteiger partial charge in [-0.1, -0.05) is 19.8 Å². The first-order valence-electron chi connectivity index (χ1n) is 10.2. The fourth-order valence-corrected chi connectivity index (χ4v) is 3.35. The highest BCUT2D eigenvalue weighted by Gasteiger charge is 2.27. The van der Waals surface area contributed by atoms with Crippen LogP contribution in [0.4, 0.5) is 0 Å². The maximum absolute atomic E-state index is 13.0. The largest absolute Gasteiger partial charge is 0.467 e. The van der Waals surface area contributed by atoms with E-state index in [2.05, 4.69) is 6.92 Å². The van der Waals surface area contributed by atoms with Crippen LogP contribution >= 0.6 is 0 Å². The molecule has 6 heteroatoms. The first-order valence-corrected chi connectivity index (χ1v) is 10.2. The van der Waals surface area contributed by atoms with E-state index in [0.29, 0.717) is 19.5 Å². The van der Waals surface area contributed by atoms with Crippen molar-refractivity contribution in [1.29, 1.82) is 0 Å². The Morgan fingerprint density at radius 1 is 1.26 bits per heavy atom. The van der Waals surface area contributed by atoms with Gasteiger partial charge < -0.3 is 19.0 Å². The molecule has 0 spiro atoms. The second-order valence-electron chi connectivity index (χ2n) is 7.56. The number of hydrogen-bond donors (Lipinski definition) is 0. The summed E-state index contributed by atoms with van der Waals surface area (Å²) in [5.74, 6) is 0.744. The molecule has 1 fully saturated rings. The minimum atomic E-state index is -0.0561. The summed E-state index contributed by atoms with van der Waals surface area (Å²) in [7, 11) is 0. The van der Waals surface area contributed by atoms with E-state index in [1.54, 1.807) is 16.1 Å². The molecule has 27 heavy (non-hydrogen) atoms. The summed E-state index contributed by atoms with van der Waals surface area (Å²) >= 11 is 0. The summed E-state index contributed by atoms with van der Waals surface area (Å²) in [4.78, 5) is 29.1. The number of rotatable bonds is 11. The van der Waals surface area contributed by atoms with Crippen molar-refractivity contribution in [2.45, 2.75) is 78.0 Å². The predicted octanol–water partition coefficient (Wildman–Crippen LogP) is 3.60. The molecule has 0 aliphatic carbocycles. The highest BCUT2D eigenvalue weighted by atomic mass is 16.5. The van der Waals surface area contributed by atoms with Crippen molar-refractivity contribution in [2.24, 2.45) is 0 Å². The van der Waals surface area contributed by atoms with E-state index in [4.69, 9.17) is 9.15 Å². The van der Waals surface area contributed by atoms with E-state index in [-0.39, 0.29) is 30.5 Å². The number of unbranched alkanes of at least 4 members (excludes halogenated alkanes) is 2. The van der Waals surface area contributed by atoms with Crippen LogP contribution in [0.2, 0.25) is 0 Å². The molecule has 0 bridgehead atoms. The van der Waals surface area contributed by atoms with Gasteiger partial charge >= 0.3 is 0 Å². The van der Waals surface area contributed by atoms with Crippen LogP contribution in [0.1, 0.15) is 65.1 Å². The smallest absolute Gasteiger partial charge is 0.242 e. The van der Waals surface area contributed by atoms with E-state index < -0.39 is 0 Å². The Labute approximate surface area is 162 Å². The van der Waals surface area contributed by atoms with Gasteiger partial charge in [-0.2, -0.15) is 0 Å². The van der Waals surface area contributed by atoms with Gasteiger partial charge in [0.15, 0.2) is 0 Å². The molecule has 1 aliphatic heterocycles. The zero-order chi connectivity index (χ0) is 19.6. The Morgan fingerprint density at radius 2 is 2.07 bits per heavy atom. The summed E-state index contributed by atoms with van der Waals surface area (Å²) < 4.78 is 11.1. The van der Waals surface area contributed by atoms with Crippen LogP contribution < -0.4 is 0 Å². The van der Waals surface area contributed by atoms with Crippen molar-refractivity contribution in [3.63, 3.8) is 0 Å². The Kier molecular flexibility index (Phi) is 8.85. The van der Waals surface area contributed by atoms with Gasteiger partial charge in [-0.15, -0.1) is 0 Å². The van der Waals surface area contributed by atoms with E-state index in [1.807, 2.05) is 26.0 Å². The number of furan rings is 1. The number of amides is 2. The first-order chi connectivity index (χ1) is 13.0. The lowest BCUT2D eigenvalue weighted by molar-refractivity contribution is -0.143. The highest BCUT2D eigenvalue weighted by Crippen LogP contribution is 2.16. The molecule has 1 saturated heterocycles. The average molecular weight is 379 g/mol. The molecular formula is C21H34N2O4. The molecule has 0 unspecified atom stereocenters. The predicted molar refractivity (Wildman–Crippen MR) is 104 cm³/mol. The highest BCUT2D eigenvalue weighted by molar-refractivity contribution is 5.85. The van der Waals surface area contributed by atoms with Gasteiger partial charge in [0.2, 0.25) is 11.8 Å². The summed E-state index contributed by atoms with van der Waals surface area (Å²) in [6, 6.07) is 3.68. The third kappa shape index (κ3) is 7.01. The minimum absolute atomic E-state index is 0.00345. The molecule has 0 saturated carbocycles. The number of hydrogen-bond acceptors (Lipinski definition) is 4. The van der Waals surface area contributed by atoms with E-state index in [1.165, 1.54) is 0 Å². The molecule has 2 rings (SSSR count). The molecule has 1 aromatic heterocycles. The number of ether oxygens (including phenoxy) is 1. The molecule has 6 nitrogen and oxygen atoms in total. The van der Waals surface area contributed by atoms with Gasteiger partial charge in [0, 0.05) is 25.6 Å². The van der Waals surface area contributed by atoms with Crippen LogP contribution in [0.5, 0.6) is 0 Å². The van der Waals surface area contributed by atoms with Crippen molar-refractivity contribution >= 4 is 11.8 Å². The van der Waals surface area contributed by atoms with Crippen molar-refractivity contribution in [3.05, 3.63) is 24.2 Å². The Morgan fingerprint density at radius 3 is 2.67 bits per heavy atom. The van der Waals surface area contributed by atoms with E-state index in [9.17, 15) is 9.59 Å². The van der Waals surface area contributed by atoms with Crippen LogP contribution in [-0.2, 0) is 20.9 Å². The molecular weight excluding hydrogens is 344 g/mol. The minimum Gasteiger partial charge on any atom is -0.467 e. The van der Waals surface area contributed by atoms with E-state index in [0.717, 1.165) is 44.5 Å². The summed E-state index contributed by atoms with van der Waals surface area (Å²) in [5.41, 5.74) is 0. The molecule has 0 aromatic carbocycles. The quantitative estimate of drug-likeness (QED) is 0.552. The van der Waals surface area contributed by atoms with Gasteiger partial charge in [-0.05, 0) is 45.2 Å². The fourth-order valence-electron chi connectivity index (χ4n) is 3.35.